The number of nitrogens with zero attached hydrogens (tertiary/aromatic N) is 2. The lowest BCUT2D eigenvalue weighted by Crippen LogP contribution is -2.26. The topological polar surface area (TPSA) is 75.9 Å². The van der Waals surface area contributed by atoms with Crippen LogP contribution in [0.15, 0.2) is 6.20 Å². The van der Waals surface area contributed by atoms with Crippen LogP contribution in [-0.2, 0) is 0 Å². The standard InChI is InChI=1S/C12H20ClN5/c1-2-8-3-5-9(6-4-8)16-11-10(13)7-15-12(17-11)18-14/h7-9H,2-6,14H2,1H3,(H2,15,16,17,18). The van der Waals surface area contributed by atoms with Crippen molar-refractivity contribution in [2.24, 2.45) is 11.8 Å². The van der Waals surface area contributed by atoms with E-state index in [0.29, 0.717) is 22.8 Å². The molecule has 0 atom stereocenters. The summed E-state index contributed by atoms with van der Waals surface area (Å²) in [6, 6.07) is 0.450. The zero-order valence-electron chi connectivity index (χ0n) is 10.6. The predicted molar refractivity (Wildman–Crippen MR) is 74.5 cm³/mol. The van der Waals surface area contributed by atoms with Gasteiger partial charge in [-0.05, 0) is 31.6 Å². The number of halogens is 1. The lowest BCUT2D eigenvalue weighted by molar-refractivity contribution is 0.330. The van der Waals surface area contributed by atoms with Crippen LogP contribution in [0.25, 0.3) is 0 Å². The van der Waals surface area contributed by atoms with Crippen molar-refractivity contribution >= 4 is 23.4 Å². The number of anilines is 2. The van der Waals surface area contributed by atoms with E-state index in [1.54, 1.807) is 6.20 Å². The Hall–Kier alpha value is -1.07. The summed E-state index contributed by atoms with van der Waals surface area (Å²) in [4.78, 5) is 8.19. The first kappa shape index (κ1) is 13.4. The first-order valence-corrected chi connectivity index (χ1v) is 6.86. The summed E-state index contributed by atoms with van der Waals surface area (Å²) >= 11 is 6.07. The minimum Gasteiger partial charge on any atom is -0.366 e. The normalized spacial score (nSPS) is 23.7. The Morgan fingerprint density at radius 3 is 2.72 bits per heavy atom. The summed E-state index contributed by atoms with van der Waals surface area (Å²) in [5.41, 5.74) is 2.43. The molecule has 1 aliphatic carbocycles. The van der Waals surface area contributed by atoms with Gasteiger partial charge in [0.15, 0.2) is 5.82 Å². The highest BCUT2D eigenvalue weighted by Gasteiger charge is 2.20. The zero-order valence-corrected chi connectivity index (χ0v) is 11.4. The molecule has 0 bridgehead atoms. The van der Waals surface area contributed by atoms with Gasteiger partial charge in [0.05, 0.1) is 6.20 Å². The van der Waals surface area contributed by atoms with Crippen molar-refractivity contribution < 1.29 is 0 Å². The highest BCUT2D eigenvalue weighted by molar-refractivity contribution is 6.32. The molecule has 0 amide bonds. The summed E-state index contributed by atoms with van der Waals surface area (Å²) in [5, 5.41) is 3.92. The molecule has 5 nitrogen and oxygen atoms in total. The van der Waals surface area contributed by atoms with Gasteiger partial charge in [-0.25, -0.2) is 10.8 Å². The number of hydrogen-bond acceptors (Lipinski definition) is 5. The molecule has 1 heterocycles. The van der Waals surface area contributed by atoms with E-state index in [2.05, 4.69) is 27.6 Å². The zero-order chi connectivity index (χ0) is 13.0. The third-order valence-corrected chi connectivity index (χ3v) is 3.91. The molecular weight excluding hydrogens is 250 g/mol. The lowest BCUT2D eigenvalue weighted by Gasteiger charge is -2.29. The SMILES string of the molecule is CCC1CCC(Nc2nc(NN)ncc2Cl)CC1. The Morgan fingerprint density at radius 1 is 1.39 bits per heavy atom. The van der Waals surface area contributed by atoms with Gasteiger partial charge in [-0.3, -0.25) is 5.43 Å². The molecule has 0 aliphatic heterocycles. The number of nitrogens with two attached hydrogens (primary N) is 1. The molecule has 0 saturated heterocycles. The fourth-order valence-electron chi connectivity index (χ4n) is 2.45. The van der Waals surface area contributed by atoms with E-state index in [1.807, 2.05) is 0 Å². The van der Waals surface area contributed by atoms with Crippen LogP contribution in [0.3, 0.4) is 0 Å². The number of hydrogen-bond donors (Lipinski definition) is 3. The van der Waals surface area contributed by atoms with Gasteiger partial charge in [-0.1, -0.05) is 24.9 Å². The van der Waals surface area contributed by atoms with Crippen LogP contribution in [0, 0.1) is 5.92 Å². The highest BCUT2D eigenvalue weighted by atomic mass is 35.5. The first-order valence-electron chi connectivity index (χ1n) is 6.48. The molecule has 4 N–H and O–H groups in total. The molecule has 1 aromatic rings. The second kappa shape index (κ2) is 6.20. The fourth-order valence-corrected chi connectivity index (χ4v) is 2.59. The van der Waals surface area contributed by atoms with E-state index >= 15 is 0 Å². The third-order valence-electron chi connectivity index (χ3n) is 3.64. The van der Waals surface area contributed by atoms with Crippen molar-refractivity contribution in [1.29, 1.82) is 0 Å². The maximum Gasteiger partial charge on any atom is 0.239 e. The summed E-state index contributed by atoms with van der Waals surface area (Å²) in [7, 11) is 0. The van der Waals surface area contributed by atoms with Gasteiger partial charge >= 0.3 is 0 Å². The number of nitrogen functional groups attached to an aromatic ring is 1. The van der Waals surface area contributed by atoms with E-state index in [-0.39, 0.29) is 0 Å². The van der Waals surface area contributed by atoms with Crippen LogP contribution in [0.4, 0.5) is 11.8 Å². The smallest absolute Gasteiger partial charge is 0.239 e. The number of hydrazine groups is 1. The van der Waals surface area contributed by atoms with Crippen molar-refractivity contribution in [1.82, 2.24) is 9.97 Å². The molecule has 1 saturated carbocycles. The van der Waals surface area contributed by atoms with Crippen LogP contribution < -0.4 is 16.6 Å². The van der Waals surface area contributed by atoms with Gasteiger partial charge in [0, 0.05) is 6.04 Å². The molecule has 0 radical (unpaired) electrons. The number of aromatic nitrogens is 2. The Morgan fingerprint density at radius 2 is 2.11 bits per heavy atom. The van der Waals surface area contributed by atoms with Crippen LogP contribution in [0.2, 0.25) is 5.02 Å². The monoisotopic (exact) mass is 269 g/mol. The van der Waals surface area contributed by atoms with E-state index in [0.717, 1.165) is 5.92 Å². The van der Waals surface area contributed by atoms with Gasteiger partial charge < -0.3 is 5.32 Å². The summed E-state index contributed by atoms with van der Waals surface area (Å²) in [5.74, 6) is 7.22. The quantitative estimate of drug-likeness (QED) is 0.579. The van der Waals surface area contributed by atoms with Gasteiger partial charge in [0.25, 0.3) is 0 Å². The Labute approximate surface area is 112 Å². The maximum atomic E-state index is 6.07. The molecule has 0 aromatic carbocycles. The van der Waals surface area contributed by atoms with Crippen molar-refractivity contribution in [3.8, 4) is 0 Å². The molecular formula is C12H20ClN5. The minimum absolute atomic E-state index is 0.379. The molecule has 1 fully saturated rings. The van der Waals surface area contributed by atoms with Crippen molar-refractivity contribution in [2.45, 2.75) is 45.1 Å². The number of rotatable bonds is 4. The largest absolute Gasteiger partial charge is 0.366 e. The lowest BCUT2D eigenvalue weighted by atomic mass is 9.84. The van der Waals surface area contributed by atoms with Crippen molar-refractivity contribution in [3.05, 3.63) is 11.2 Å². The van der Waals surface area contributed by atoms with E-state index < -0.39 is 0 Å². The van der Waals surface area contributed by atoms with Gasteiger partial charge in [-0.2, -0.15) is 4.98 Å². The van der Waals surface area contributed by atoms with Gasteiger partial charge in [0.2, 0.25) is 5.95 Å². The molecule has 1 aromatic heterocycles. The Bertz CT molecular complexity index is 390. The molecule has 0 unspecified atom stereocenters. The molecule has 1 aliphatic rings. The van der Waals surface area contributed by atoms with Crippen molar-refractivity contribution in [3.63, 3.8) is 0 Å². The van der Waals surface area contributed by atoms with Crippen molar-refractivity contribution in [2.75, 3.05) is 10.7 Å². The molecule has 0 spiro atoms. The summed E-state index contributed by atoms with van der Waals surface area (Å²) < 4.78 is 0. The average molecular weight is 270 g/mol. The van der Waals surface area contributed by atoms with Crippen LogP contribution in [0.1, 0.15) is 39.0 Å². The summed E-state index contributed by atoms with van der Waals surface area (Å²) in [6.07, 6.45) is 7.73. The second-order valence-corrected chi connectivity index (χ2v) is 5.21. The molecule has 2 rings (SSSR count). The van der Waals surface area contributed by atoms with Crippen LogP contribution >= 0.6 is 11.6 Å². The minimum atomic E-state index is 0.379. The fraction of sp³-hybridized carbons (Fsp3) is 0.667. The molecule has 100 valence electrons. The Balaban J connectivity index is 1.97. The predicted octanol–water partition coefficient (Wildman–Crippen LogP) is 2.80. The third kappa shape index (κ3) is 3.23. The average Bonchev–Trinajstić information content (AvgIpc) is 2.42. The van der Waals surface area contributed by atoms with E-state index in [9.17, 15) is 0 Å². The summed E-state index contributed by atoms with van der Waals surface area (Å²) in [6.45, 7) is 2.26. The Kier molecular flexibility index (Phi) is 4.60. The molecule has 6 heteroatoms. The van der Waals surface area contributed by atoms with Crippen LogP contribution in [-0.4, -0.2) is 16.0 Å². The molecule has 18 heavy (non-hydrogen) atoms. The van der Waals surface area contributed by atoms with Gasteiger partial charge in [0.1, 0.15) is 5.02 Å². The van der Waals surface area contributed by atoms with E-state index in [4.69, 9.17) is 17.4 Å². The first-order chi connectivity index (χ1) is 8.72. The van der Waals surface area contributed by atoms with Gasteiger partial charge in [-0.15, -0.1) is 0 Å². The maximum absolute atomic E-state index is 6.07. The number of nitrogens with one attached hydrogen (secondary N) is 2. The second-order valence-electron chi connectivity index (χ2n) is 4.80. The van der Waals surface area contributed by atoms with E-state index in [1.165, 1.54) is 32.1 Å². The van der Waals surface area contributed by atoms with Crippen LogP contribution in [0.5, 0.6) is 0 Å². The highest BCUT2D eigenvalue weighted by Crippen LogP contribution is 2.29.